The Kier molecular flexibility index (Phi) is 3.74. The minimum absolute atomic E-state index is 0.436. The molecule has 0 aromatic carbocycles. The van der Waals surface area contributed by atoms with Gasteiger partial charge in [0.25, 0.3) is 0 Å². The zero-order valence-electron chi connectivity index (χ0n) is 7.66. The molecule has 16 heavy (non-hydrogen) atoms. The Morgan fingerprint density at radius 3 is 2.50 bits per heavy atom. The second-order valence-corrected chi connectivity index (χ2v) is 3.68. The topological polar surface area (TPSA) is 65.2 Å². The van der Waals surface area contributed by atoms with Crippen LogP contribution in [0.1, 0.15) is 11.8 Å². The van der Waals surface area contributed by atoms with Crippen molar-refractivity contribution in [3.63, 3.8) is 0 Å². The summed E-state index contributed by atoms with van der Waals surface area (Å²) in [5, 5.41) is 0. The van der Waals surface area contributed by atoms with Gasteiger partial charge in [0.15, 0.2) is 0 Å². The third kappa shape index (κ3) is 3.37. The van der Waals surface area contributed by atoms with Crippen molar-refractivity contribution < 1.29 is 22.7 Å². The van der Waals surface area contributed by atoms with Crippen molar-refractivity contribution in [1.82, 2.24) is 4.98 Å². The highest BCUT2D eigenvalue weighted by atomic mass is 79.9. The van der Waals surface area contributed by atoms with Crippen molar-refractivity contribution in [3.05, 3.63) is 28.5 Å². The number of nitrogens with zero attached hydrogens (tertiary/aromatic N) is 1. The number of aromatic nitrogens is 1. The van der Waals surface area contributed by atoms with Gasteiger partial charge in [-0.05, 0) is 28.1 Å². The van der Waals surface area contributed by atoms with Crippen LogP contribution in [0.2, 0.25) is 0 Å². The molecule has 1 aromatic rings. The lowest BCUT2D eigenvalue weighted by atomic mass is 10.2. The Bertz CT molecular complexity index is 380. The van der Waals surface area contributed by atoms with Gasteiger partial charge in [-0.2, -0.15) is 13.2 Å². The smallest absolute Gasteiger partial charge is 0.430 e. The van der Waals surface area contributed by atoms with Crippen molar-refractivity contribution in [1.29, 1.82) is 0 Å². The molecule has 1 rings (SSSR count). The van der Waals surface area contributed by atoms with E-state index in [4.69, 9.17) is 0 Å². The van der Waals surface area contributed by atoms with E-state index in [1.165, 1.54) is 12.3 Å². The van der Waals surface area contributed by atoms with Crippen molar-refractivity contribution in [2.45, 2.75) is 12.3 Å². The number of ether oxygens (including phenoxy) is 1. The first-order chi connectivity index (χ1) is 7.30. The molecule has 1 amide bonds. The summed E-state index contributed by atoms with van der Waals surface area (Å²) >= 11 is 3.02. The molecule has 1 aromatic heterocycles. The Hall–Kier alpha value is -1.31. The normalized spacial score (nSPS) is 13.2. The first-order valence-corrected chi connectivity index (χ1v) is 4.74. The lowest BCUT2D eigenvalue weighted by Gasteiger charge is -2.18. The SMILES string of the molecule is NC(=O)OC(c1ccc(Br)cn1)C(F)(F)F. The summed E-state index contributed by atoms with van der Waals surface area (Å²) in [4.78, 5) is 13.9. The molecule has 8 heteroatoms. The monoisotopic (exact) mass is 298 g/mol. The van der Waals surface area contributed by atoms with Crippen LogP contribution < -0.4 is 5.73 Å². The number of alkyl halides is 3. The number of amides is 1. The van der Waals surface area contributed by atoms with E-state index in [1.54, 1.807) is 0 Å². The highest BCUT2D eigenvalue weighted by molar-refractivity contribution is 9.10. The summed E-state index contributed by atoms with van der Waals surface area (Å²) in [6.45, 7) is 0. The molecular formula is C8H6BrF3N2O2. The van der Waals surface area contributed by atoms with Crippen LogP contribution in [-0.4, -0.2) is 17.3 Å². The Morgan fingerprint density at radius 1 is 1.50 bits per heavy atom. The van der Waals surface area contributed by atoms with E-state index < -0.39 is 24.1 Å². The lowest BCUT2D eigenvalue weighted by Crippen LogP contribution is -2.29. The minimum Gasteiger partial charge on any atom is -0.430 e. The molecule has 0 spiro atoms. The molecule has 0 saturated carbocycles. The minimum atomic E-state index is -4.75. The van der Waals surface area contributed by atoms with Gasteiger partial charge in [-0.15, -0.1) is 0 Å². The summed E-state index contributed by atoms with van der Waals surface area (Å²) in [5.41, 5.74) is 4.12. The number of hydrogen-bond acceptors (Lipinski definition) is 3. The van der Waals surface area contributed by atoms with Gasteiger partial charge >= 0.3 is 12.3 Å². The molecule has 0 aliphatic carbocycles. The molecule has 1 unspecified atom stereocenters. The Balaban J connectivity index is 3.01. The van der Waals surface area contributed by atoms with Crippen LogP contribution in [0.5, 0.6) is 0 Å². The number of primary amides is 1. The highest BCUT2D eigenvalue weighted by Gasteiger charge is 2.44. The fraction of sp³-hybridized carbons (Fsp3) is 0.250. The summed E-state index contributed by atoms with van der Waals surface area (Å²) in [6, 6.07) is 2.44. The fourth-order valence-corrected chi connectivity index (χ4v) is 1.19. The van der Waals surface area contributed by atoms with Crippen LogP contribution in [0.4, 0.5) is 18.0 Å². The highest BCUT2D eigenvalue weighted by Crippen LogP contribution is 2.34. The van der Waals surface area contributed by atoms with E-state index in [0.717, 1.165) is 6.07 Å². The second kappa shape index (κ2) is 4.69. The van der Waals surface area contributed by atoms with Gasteiger partial charge in [0.05, 0.1) is 5.69 Å². The number of carbonyl (C=O) groups excluding carboxylic acids is 1. The van der Waals surface area contributed by atoms with Crippen LogP contribution in [0.15, 0.2) is 22.8 Å². The maximum absolute atomic E-state index is 12.5. The standard InChI is InChI=1S/C8H6BrF3N2O2/c9-4-1-2-5(14-3-4)6(8(10,11)12)16-7(13)15/h1-3,6H,(H2,13,15). The van der Waals surface area contributed by atoms with E-state index >= 15 is 0 Å². The van der Waals surface area contributed by atoms with Crippen molar-refractivity contribution in [2.75, 3.05) is 0 Å². The molecule has 0 saturated heterocycles. The molecule has 2 N–H and O–H groups in total. The second-order valence-electron chi connectivity index (χ2n) is 2.76. The van der Waals surface area contributed by atoms with Gasteiger partial charge in [-0.1, -0.05) is 0 Å². The zero-order valence-corrected chi connectivity index (χ0v) is 9.25. The quantitative estimate of drug-likeness (QED) is 0.912. The Labute approximate surface area is 96.7 Å². The van der Waals surface area contributed by atoms with E-state index in [9.17, 15) is 18.0 Å². The van der Waals surface area contributed by atoms with Crippen LogP contribution in [0.25, 0.3) is 0 Å². The summed E-state index contributed by atoms with van der Waals surface area (Å²) < 4.78 is 41.9. The third-order valence-corrected chi connectivity index (χ3v) is 2.02. The number of halogens is 4. The maximum Gasteiger partial charge on any atom is 0.431 e. The van der Waals surface area contributed by atoms with Gasteiger partial charge in [-0.25, -0.2) is 4.79 Å². The number of hydrogen-bond donors (Lipinski definition) is 1. The van der Waals surface area contributed by atoms with Crippen molar-refractivity contribution in [3.8, 4) is 0 Å². The van der Waals surface area contributed by atoms with Crippen molar-refractivity contribution >= 4 is 22.0 Å². The molecule has 0 radical (unpaired) electrons. The van der Waals surface area contributed by atoms with E-state index in [1.807, 2.05) is 0 Å². The van der Waals surface area contributed by atoms with Gasteiger partial charge in [0.1, 0.15) is 0 Å². The van der Waals surface area contributed by atoms with E-state index in [0.29, 0.717) is 4.47 Å². The average Bonchev–Trinajstić information content (AvgIpc) is 2.14. The predicted octanol–water partition coefficient (Wildman–Crippen LogP) is 2.54. The molecule has 0 bridgehead atoms. The van der Waals surface area contributed by atoms with Gasteiger partial charge in [0, 0.05) is 10.7 Å². The first-order valence-electron chi connectivity index (χ1n) is 3.95. The van der Waals surface area contributed by atoms with Crippen LogP contribution >= 0.6 is 15.9 Å². The predicted molar refractivity (Wildman–Crippen MR) is 51.4 cm³/mol. The molecule has 88 valence electrons. The van der Waals surface area contributed by atoms with Gasteiger partial charge in [-0.3, -0.25) is 4.98 Å². The molecule has 0 aliphatic rings. The van der Waals surface area contributed by atoms with E-state index in [-0.39, 0.29) is 0 Å². The number of carbonyl (C=O) groups is 1. The average molecular weight is 299 g/mol. The lowest BCUT2D eigenvalue weighted by molar-refractivity contribution is -0.206. The molecule has 0 aliphatic heterocycles. The third-order valence-electron chi connectivity index (χ3n) is 1.55. The van der Waals surface area contributed by atoms with Crippen LogP contribution in [0.3, 0.4) is 0 Å². The Morgan fingerprint density at radius 2 is 2.12 bits per heavy atom. The first kappa shape index (κ1) is 12.8. The zero-order chi connectivity index (χ0) is 12.3. The summed E-state index contributed by atoms with van der Waals surface area (Å²) in [6.07, 6.45) is -7.54. The van der Waals surface area contributed by atoms with Crippen LogP contribution in [0, 0.1) is 0 Å². The van der Waals surface area contributed by atoms with Crippen molar-refractivity contribution in [2.24, 2.45) is 5.73 Å². The molecule has 4 nitrogen and oxygen atoms in total. The summed E-state index contributed by atoms with van der Waals surface area (Å²) in [7, 11) is 0. The molecular weight excluding hydrogens is 293 g/mol. The fourth-order valence-electron chi connectivity index (χ4n) is 0.953. The largest absolute Gasteiger partial charge is 0.431 e. The van der Waals surface area contributed by atoms with Gasteiger partial charge < -0.3 is 10.5 Å². The van der Waals surface area contributed by atoms with E-state index in [2.05, 4.69) is 31.4 Å². The maximum atomic E-state index is 12.5. The van der Waals surface area contributed by atoms with Crippen LogP contribution in [-0.2, 0) is 4.74 Å². The summed E-state index contributed by atoms with van der Waals surface area (Å²) in [5.74, 6) is 0. The number of nitrogens with two attached hydrogens (primary N) is 1. The van der Waals surface area contributed by atoms with Gasteiger partial charge in [0.2, 0.25) is 6.10 Å². The molecule has 0 fully saturated rings. The molecule has 1 atom stereocenters. The molecule has 1 heterocycles. The number of pyridine rings is 1. The number of rotatable bonds is 2.